The van der Waals surface area contributed by atoms with Crippen LogP contribution in [0.3, 0.4) is 0 Å². The number of carbonyl (C=O) groups is 1. The van der Waals surface area contributed by atoms with Crippen molar-refractivity contribution in [2.45, 2.75) is 26.8 Å². The summed E-state index contributed by atoms with van der Waals surface area (Å²) >= 11 is 1.71. The summed E-state index contributed by atoms with van der Waals surface area (Å²) in [5.41, 5.74) is 1.19. The molecule has 0 bridgehead atoms. The predicted octanol–water partition coefficient (Wildman–Crippen LogP) is 2.08. The summed E-state index contributed by atoms with van der Waals surface area (Å²) in [5.74, 6) is 0.110. The van der Waals surface area contributed by atoms with Gasteiger partial charge in [-0.3, -0.25) is 4.79 Å². The van der Waals surface area contributed by atoms with Gasteiger partial charge in [0.15, 0.2) is 0 Å². The largest absolute Gasteiger partial charge is 0.352 e. The standard InChI is InChI=1S/C9H13NOS/c1-3-9(11)10-5-8-4-7(2)12-6-8/h4,6H,3,5H2,1-2H3,(H,10,11). The number of rotatable bonds is 3. The topological polar surface area (TPSA) is 29.1 Å². The first-order valence-electron chi connectivity index (χ1n) is 4.03. The number of hydrogen-bond acceptors (Lipinski definition) is 2. The second-order valence-corrected chi connectivity index (χ2v) is 3.81. The van der Waals surface area contributed by atoms with E-state index in [0.29, 0.717) is 13.0 Å². The van der Waals surface area contributed by atoms with Gasteiger partial charge in [-0.25, -0.2) is 0 Å². The average molecular weight is 183 g/mol. The first-order chi connectivity index (χ1) is 5.72. The van der Waals surface area contributed by atoms with Gasteiger partial charge in [-0.1, -0.05) is 6.92 Å². The van der Waals surface area contributed by atoms with Gasteiger partial charge < -0.3 is 5.32 Å². The minimum absolute atomic E-state index is 0.110. The molecular weight excluding hydrogens is 170 g/mol. The third-order valence-corrected chi connectivity index (χ3v) is 2.51. The van der Waals surface area contributed by atoms with Crippen LogP contribution in [-0.4, -0.2) is 5.91 Å². The maximum atomic E-state index is 10.9. The second-order valence-electron chi connectivity index (χ2n) is 2.70. The Morgan fingerprint density at radius 3 is 2.92 bits per heavy atom. The highest BCUT2D eigenvalue weighted by atomic mass is 32.1. The Hall–Kier alpha value is -0.830. The smallest absolute Gasteiger partial charge is 0.219 e. The van der Waals surface area contributed by atoms with Crippen molar-refractivity contribution in [3.8, 4) is 0 Å². The third-order valence-electron chi connectivity index (χ3n) is 1.60. The number of amides is 1. The van der Waals surface area contributed by atoms with Crippen molar-refractivity contribution >= 4 is 17.2 Å². The maximum absolute atomic E-state index is 10.9. The Morgan fingerprint density at radius 2 is 2.42 bits per heavy atom. The van der Waals surface area contributed by atoms with Crippen molar-refractivity contribution in [2.75, 3.05) is 0 Å². The molecule has 1 aromatic heterocycles. The lowest BCUT2D eigenvalue weighted by atomic mass is 10.3. The molecule has 0 saturated carbocycles. The monoisotopic (exact) mass is 183 g/mol. The highest BCUT2D eigenvalue weighted by Crippen LogP contribution is 2.12. The summed E-state index contributed by atoms with van der Waals surface area (Å²) < 4.78 is 0. The van der Waals surface area contributed by atoms with Gasteiger partial charge in [-0.05, 0) is 23.9 Å². The van der Waals surface area contributed by atoms with Crippen LogP contribution in [0.5, 0.6) is 0 Å². The quantitative estimate of drug-likeness (QED) is 0.763. The minimum atomic E-state index is 0.110. The summed E-state index contributed by atoms with van der Waals surface area (Å²) in [4.78, 5) is 12.2. The first-order valence-corrected chi connectivity index (χ1v) is 4.91. The lowest BCUT2D eigenvalue weighted by Crippen LogP contribution is -2.20. The fourth-order valence-corrected chi connectivity index (χ4v) is 1.62. The Bertz CT molecular complexity index is 267. The highest BCUT2D eigenvalue weighted by Gasteiger charge is 1.98. The summed E-state index contributed by atoms with van der Waals surface area (Å²) in [5, 5.41) is 4.90. The van der Waals surface area contributed by atoms with E-state index in [-0.39, 0.29) is 5.91 Å². The molecule has 0 atom stereocenters. The van der Waals surface area contributed by atoms with Crippen LogP contribution in [0.15, 0.2) is 11.4 Å². The van der Waals surface area contributed by atoms with Gasteiger partial charge in [-0.15, -0.1) is 11.3 Å². The van der Waals surface area contributed by atoms with E-state index in [1.165, 1.54) is 10.4 Å². The molecule has 0 spiro atoms. The van der Waals surface area contributed by atoms with Crippen LogP contribution in [-0.2, 0) is 11.3 Å². The van der Waals surface area contributed by atoms with Crippen LogP contribution in [0.25, 0.3) is 0 Å². The van der Waals surface area contributed by atoms with Gasteiger partial charge in [0, 0.05) is 17.8 Å². The van der Waals surface area contributed by atoms with Crippen molar-refractivity contribution in [1.82, 2.24) is 5.32 Å². The second kappa shape index (κ2) is 4.26. The van der Waals surface area contributed by atoms with Crippen molar-refractivity contribution in [3.63, 3.8) is 0 Å². The Morgan fingerprint density at radius 1 is 1.67 bits per heavy atom. The van der Waals surface area contributed by atoms with Crippen LogP contribution in [0.4, 0.5) is 0 Å². The van der Waals surface area contributed by atoms with Gasteiger partial charge in [0.05, 0.1) is 0 Å². The third kappa shape index (κ3) is 2.66. The summed E-state index contributed by atoms with van der Waals surface area (Å²) in [6.07, 6.45) is 0.559. The molecule has 0 aliphatic carbocycles. The van der Waals surface area contributed by atoms with Crippen LogP contribution in [0.2, 0.25) is 0 Å². The zero-order valence-corrected chi connectivity index (χ0v) is 8.20. The maximum Gasteiger partial charge on any atom is 0.219 e. The lowest BCUT2D eigenvalue weighted by molar-refractivity contribution is -0.120. The van der Waals surface area contributed by atoms with Crippen LogP contribution in [0, 0.1) is 6.92 Å². The van der Waals surface area contributed by atoms with Crippen molar-refractivity contribution in [3.05, 3.63) is 21.9 Å². The van der Waals surface area contributed by atoms with Gasteiger partial charge in [0.2, 0.25) is 5.91 Å². The Kier molecular flexibility index (Phi) is 3.29. The number of nitrogens with one attached hydrogen (secondary N) is 1. The van der Waals surface area contributed by atoms with Crippen molar-refractivity contribution in [1.29, 1.82) is 0 Å². The molecule has 0 aromatic carbocycles. The van der Waals surface area contributed by atoms with E-state index in [9.17, 15) is 4.79 Å². The molecule has 0 fully saturated rings. The molecule has 1 heterocycles. The summed E-state index contributed by atoms with van der Waals surface area (Å²) in [6.45, 7) is 4.58. The molecule has 1 aromatic rings. The van der Waals surface area contributed by atoms with Crippen molar-refractivity contribution < 1.29 is 4.79 Å². The highest BCUT2D eigenvalue weighted by molar-refractivity contribution is 7.10. The normalized spacial score (nSPS) is 9.83. The van der Waals surface area contributed by atoms with Crippen LogP contribution in [0.1, 0.15) is 23.8 Å². The molecular formula is C9H13NOS. The van der Waals surface area contributed by atoms with E-state index >= 15 is 0 Å². The van der Waals surface area contributed by atoms with E-state index in [1.807, 2.05) is 6.92 Å². The predicted molar refractivity (Wildman–Crippen MR) is 51.2 cm³/mol. The first kappa shape index (κ1) is 9.26. The minimum Gasteiger partial charge on any atom is -0.352 e. The molecule has 0 radical (unpaired) electrons. The van der Waals surface area contributed by atoms with E-state index in [0.717, 1.165) is 0 Å². The molecule has 3 heteroatoms. The number of hydrogen-bond donors (Lipinski definition) is 1. The van der Waals surface area contributed by atoms with Crippen molar-refractivity contribution in [2.24, 2.45) is 0 Å². The van der Waals surface area contributed by atoms with Crippen LogP contribution >= 0.6 is 11.3 Å². The zero-order valence-electron chi connectivity index (χ0n) is 7.39. The molecule has 1 N–H and O–H groups in total. The van der Waals surface area contributed by atoms with Gasteiger partial charge in [-0.2, -0.15) is 0 Å². The molecule has 66 valence electrons. The molecule has 12 heavy (non-hydrogen) atoms. The fourth-order valence-electron chi connectivity index (χ4n) is 0.916. The lowest BCUT2D eigenvalue weighted by Gasteiger charge is -1.99. The van der Waals surface area contributed by atoms with E-state index in [4.69, 9.17) is 0 Å². The summed E-state index contributed by atoms with van der Waals surface area (Å²) in [7, 11) is 0. The summed E-state index contributed by atoms with van der Waals surface area (Å²) in [6, 6.07) is 2.10. The van der Waals surface area contributed by atoms with E-state index < -0.39 is 0 Å². The van der Waals surface area contributed by atoms with Gasteiger partial charge >= 0.3 is 0 Å². The Labute approximate surface area is 76.6 Å². The molecule has 0 aliphatic heterocycles. The number of aryl methyl sites for hydroxylation is 1. The number of thiophene rings is 1. The molecule has 1 amide bonds. The average Bonchev–Trinajstić information content (AvgIpc) is 2.47. The van der Waals surface area contributed by atoms with E-state index in [2.05, 4.69) is 23.7 Å². The van der Waals surface area contributed by atoms with Crippen LogP contribution < -0.4 is 5.32 Å². The zero-order chi connectivity index (χ0) is 8.97. The number of carbonyl (C=O) groups excluding carboxylic acids is 1. The van der Waals surface area contributed by atoms with E-state index in [1.54, 1.807) is 11.3 Å². The Balaban J connectivity index is 2.38. The molecule has 0 unspecified atom stereocenters. The fraction of sp³-hybridized carbons (Fsp3) is 0.444. The van der Waals surface area contributed by atoms with Gasteiger partial charge in [0.25, 0.3) is 0 Å². The molecule has 0 aliphatic rings. The van der Waals surface area contributed by atoms with Gasteiger partial charge in [0.1, 0.15) is 0 Å². The molecule has 1 rings (SSSR count). The SMILES string of the molecule is CCC(=O)NCc1csc(C)c1. The molecule has 0 saturated heterocycles. The molecule has 2 nitrogen and oxygen atoms in total.